The van der Waals surface area contributed by atoms with Crippen molar-refractivity contribution in [3.63, 3.8) is 0 Å². The molecule has 18 heavy (non-hydrogen) atoms. The van der Waals surface area contributed by atoms with Gasteiger partial charge in [-0.25, -0.2) is 4.39 Å². The highest BCUT2D eigenvalue weighted by Crippen LogP contribution is 2.30. The Labute approximate surface area is 109 Å². The number of rotatable bonds is 2. The Morgan fingerprint density at radius 2 is 1.83 bits per heavy atom. The number of pyridine rings is 1. The van der Waals surface area contributed by atoms with E-state index in [1.807, 2.05) is 0 Å². The first-order valence-corrected chi connectivity index (χ1v) is 5.73. The number of hydrogen-bond acceptors (Lipinski definition) is 2. The van der Waals surface area contributed by atoms with Gasteiger partial charge in [-0.15, -0.1) is 0 Å². The second-order valence-electron chi connectivity index (χ2n) is 3.55. The van der Waals surface area contributed by atoms with E-state index < -0.39 is 24.3 Å². The molecule has 0 aliphatic rings. The van der Waals surface area contributed by atoms with Crippen LogP contribution in [0.5, 0.6) is 0 Å². The predicted molar refractivity (Wildman–Crippen MR) is 63.2 cm³/mol. The lowest BCUT2D eigenvalue weighted by Gasteiger charge is -2.09. The molecule has 1 aromatic heterocycles. The van der Waals surface area contributed by atoms with Gasteiger partial charge < -0.3 is 5.11 Å². The fraction of sp³-hybridized carbons (Fsp3) is 0.0833. The standard InChI is InChI=1S/C12H7BrF3NO/c13-9-3-6(5-18)8(4-10(9)14)7-1-2-11(15)17-12(7)16/h1-4,18H,5H2. The van der Waals surface area contributed by atoms with Crippen molar-refractivity contribution >= 4 is 15.9 Å². The lowest BCUT2D eigenvalue weighted by molar-refractivity contribution is 0.282. The third-order valence-corrected chi connectivity index (χ3v) is 3.03. The van der Waals surface area contributed by atoms with Gasteiger partial charge in [0, 0.05) is 5.56 Å². The smallest absolute Gasteiger partial charge is 0.223 e. The van der Waals surface area contributed by atoms with Crippen LogP contribution in [0.1, 0.15) is 5.56 Å². The van der Waals surface area contributed by atoms with Gasteiger partial charge in [-0.1, -0.05) is 0 Å². The molecule has 1 N–H and O–H groups in total. The minimum absolute atomic E-state index is 0.0631. The quantitative estimate of drug-likeness (QED) is 0.861. The van der Waals surface area contributed by atoms with E-state index in [1.54, 1.807) is 0 Å². The Morgan fingerprint density at radius 1 is 1.11 bits per heavy atom. The van der Waals surface area contributed by atoms with Crippen molar-refractivity contribution in [3.8, 4) is 11.1 Å². The average molecular weight is 318 g/mol. The summed E-state index contributed by atoms with van der Waals surface area (Å²) in [4.78, 5) is 3.03. The number of aromatic nitrogens is 1. The van der Waals surface area contributed by atoms with E-state index >= 15 is 0 Å². The van der Waals surface area contributed by atoms with Crippen molar-refractivity contribution in [3.05, 3.63) is 52.0 Å². The number of aliphatic hydroxyl groups is 1. The maximum Gasteiger partial charge on any atom is 0.223 e. The summed E-state index contributed by atoms with van der Waals surface area (Å²) in [5.41, 5.74) is 0.394. The molecule has 0 unspecified atom stereocenters. The second-order valence-corrected chi connectivity index (χ2v) is 4.41. The van der Waals surface area contributed by atoms with Crippen LogP contribution in [0.3, 0.4) is 0 Å². The molecule has 0 fully saturated rings. The Morgan fingerprint density at radius 3 is 2.44 bits per heavy atom. The maximum absolute atomic E-state index is 13.5. The third kappa shape index (κ3) is 2.39. The van der Waals surface area contributed by atoms with Crippen molar-refractivity contribution in [2.75, 3.05) is 0 Å². The Bertz CT molecular complexity index is 604. The topological polar surface area (TPSA) is 33.1 Å². The van der Waals surface area contributed by atoms with Gasteiger partial charge in [0.1, 0.15) is 5.82 Å². The number of benzene rings is 1. The van der Waals surface area contributed by atoms with Crippen LogP contribution in [0, 0.1) is 17.7 Å². The summed E-state index contributed by atoms with van der Waals surface area (Å²) >= 11 is 2.97. The molecule has 0 aliphatic carbocycles. The van der Waals surface area contributed by atoms with Gasteiger partial charge in [-0.3, -0.25) is 0 Å². The van der Waals surface area contributed by atoms with Crippen LogP contribution in [0.4, 0.5) is 13.2 Å². The molecule has 6 heteroatoms. The SMILES string of the molecule is OCc1cc(Br)c(F)cc1-c1ccc(F)nc1F. The van der Waals surface area contributed by atoms with E-state index in [-0.39, 0.29) is 15.6 Å². The first-order chi connectivity index (χ1) is 8.52. The molecular formula is C12H7BrF3NO. The predicted octanol–water partition coefficient (Wildman–Crippen LogP) is 3.42. The molecule has 2 nitrogen and oxygen atoms in total. The van der Waals surface area contributed by atoms with Gasteiger partial charge in [0.25, 0.3) is 0 Å². The molecule has 2 aromatic rings. The normalized spacial score (nSPS) is 10.7. The summed E-state index contributed by atoms with van der Waals surface area (Å²) in [7, 11) is 0. The monoisotopic (exact) mass is 317 g/mol. The molecule has 0 bridgehead atoms. The van der Waals surface area contributed by atoms with E-state index in [9.17, 15) is 18.3 Å². The molecule has 1 heterocycles. The summed E-state index contributed by atoms with van der Waals surface area (Å²) in [6, 6.07) is 4.53. The largest absolute Gasteiger partial charge is 0.392 e. The number of halogens is 4. The Kier molecular flexibility index (Phi) is 3.68. The van der Waals surface area contributed by atoms with Crippen molar-refractivity contribution in [2.45, 2.75) is 6.61 Å². The number of nitrogens with zero attached hydrogens (tertiary/aromatic N) is 1. The van der Waals surface area contributed by atoms with Crippen molar-refractivity contribution in [2.24, 2.45) is 0 Å². The minimum Gasteiger partial charge on any atom is -0.392 e. The molecule has 0 saturated carbocycles. The lowest BCUT2D eigenvalue weighted by atomic mass is 10.0. The molecule has 0 atom stereocenters. The highest BCUT2D eigenvalue weighted by Gasteiger charge is 2.14. The van der Waals surface area contributed by atoms with Crippen LogP contribution in [-0.4, -0.2) is 10.1 Å². The van der Waals surface area contributed by atoms with Crippen molar-refractivity contribution in [1.29, 1.82) is 0 Å². The average Bonchev–Trinajstić information content (AvgIpc) is 2.32. The van der Waals surface area contributed by atoms with E-state index in [0.717, 1.165) is 18.2 Å². The second kappa shape index (κ2) is 5.07. The van der Waals surface area contributed by atoms with Gasteiger partial charge in [0.2, 0.25) is 11.9 Å². The molecule has 1 aromatic carbocycles. The maximum atomic E-state index is 13.5. The highest BCUT2D eigenvalue weighted by molar-refractivity contribution is 9.10. The molecule has 0 spiro atoms. The summed E-state index contributed by atoms with van der Waals surface area (Å²) in [6.45, 7) is -0.398. The molecule has 0 aliphatic heterocycles. The van der Waals surface area contributed by atoms with E-state index in [1.165, 1.54) is 6.07 Å². The van der Waals surface area contributed by atoms with Gasteiger partial charge in [0.05, 0.1) is 11.1 Å². The summed E-state index contributed by atoms with van der Waals surface area (Å²) < 4.78 is 39.8. The minimum atomic E-state index is -1.05. The van der Waals surface area contributed by atoms with Crippen molar-refractivity contribution < 1.29 is 18.3 Å². The highest BCUT2D eigenvalue weighted by atomic mass is 79.9. The van der Waals surface area contributed by atoms with Gasteiger partial charge >= 0.3 is 0 Å². The van der Waals surface area contributed by atoms with Crippen LogP contribution in [0.15, 0.2) is 28.7 Å². The summed E-state index contributed by atoms with van der Waals surface area (Å²) in [5, 5.41) is 9.18. The first-order valence-electron chi connectivity index (χ1n) is 4.94. The summed E-state index contributed by atoms with van der Waals surface area (Å²) in [6.07, 6.45) is 0. The molecule has 0 saturated heterocycles. The zero-order valence-corrected chi connectivity index (χ0v) is 10.5. The zero-order chi connectivity index (χ0) is 13.3. The van der Waals surface area contributed by atoms with Crippen LogP contribution in [0.2, 0.25) is 0 Å². The van der Waals surface area contributed by atoms with E-state index in [4.69, 9.17) is 0 Å². The molecular weight excluding hydrogens is 311 g/mol. The zero-order valence-electron chi connectivity index (χ0n) is 8.92. The molecule has 94 valence electrons. The molecule has 0 amide bonds. The number of aliphatic hydroxyl groups excluding tert-OH is 1. The van der Waals surface area contributed by atoms with E-state index in [2.05, 4.69) is 20.9 Å². The fourth-order valence-electron chi connectivity index (χ4n) is 1.58. The lowest BCUT2D eigenvalue weighted by Crippen LogP contribution is -1.97. The van der Waals surface area contributed by atoms with Crippen LogP contribution < -0.4 is 0 Å². The van der Waals surface area contributed by atoms with Crippen LogP contribution in [-0.2, 0) is 6.61 Å². The number of hydrogen-bond donors (Lipinski definition) is 1. The van der Waals surface area contributed by atoms with Gasteiger partial charge in [0.15, 0.2) is 0 Å². The molecule has 2 rings (SSSR count). The van der Waals surface area contributed by atoms with Gasteiger partial charge in [-0.05, 0) is 51.3 Å². The van der Waals surface area contributed by atoms with Crippen LogP contribution >= 0.6 is 15.9 Å². The van der Waals surface area contributed by atoms with Gasteiger partial charge in [-0.2, -0.15) is 13.8 Å². The van der Waals surface area contributed by atoms with Crippen molar-refractivity contribution in [1.82, 2.24) is 4.98 Å². The fourth-order valence-corrected chi connectivity index (χ4v) is 1.97. The first kappa shape index (κ1) is 13.0. The Hall–Kier alpha value is -1.40. The molecule has 0 radical (unpaired) electrons. The Balaban J connectivity index is 2.66. The van der Waals surface area contributed by atoms with E-state index in [0.29, 0.717) is 5.56 Å². The summed E-state index contributed by atoms with van der Waals surface area (Å²) in [5.74, 6) is -2.61. The third-order valence-electron chi connectivity index (χ3n) is 2.42. The van der Waals surface area contributed by atoms with Crippen LogP contribution in [0.25, 0.3) is 11.1 Å².